The first-order chi connectivity index (χ1) is 7.49. The first-order valence-corrected chi connectivity index (χ1v) is 6.56. The smallest absolute Gasteiger partial charge is 0.0768 e. The van der Waals surface area contributed by atoms with Crippen molar-refractivity contribution in [3.05, 3.63) is 0 Å². The summed E-state index contributed by atoms with van der Waals surface area (Å²) in [5.41, 5.74) is 5.63. The van der Waals surface area contributed by atoms with Gasteiger partial charge in [-0.2, -0.15) is 0 Å². The summed E-state index contributed by atoms with van der Waals surface area (Å²) < 4.78 is 0. The average molecular weight is 243 g/mol. The summed E-state index contributed by atoms with van der Waals surface area (Å²) in [4.78, 5) is 5.42. The van der Waals surface area contributed by atoms with Crippen LogP contribution in [0.2, 0.25) is 0 Å². The van der Waals surface area contributed by atoms with E-state index in [4.69, 9.17) is 18.0 Å². The third-order valence-corrected chi connectivity index (χ3v) is 3.88. The highest BCUT2D eigenvalue weighted by molar-refractivity contribution is 7.80. The largest absolute Gasteiger partial charge is 0.393 e. The maximum absolute atomic E-state index is 5.63. The monoisotopic (exact) mass is 243 g/mol. The molecule has 0 amide bonds. The Morgan fingerprint density at radius 3 is 2.56 bits per heavy atom. The van der Waals surface area contributed by atoms with Gasteiger partial charge in [-0.25, -0.2) is 0 Å². The van der Waals surface area contributed by atoms with E-state index >= 15 is 0 Å². The molecule has 3 nitrogen and oxygen atoms in total. The van der Waals surface area contributed by atoms with E-state index in [1.54, 1.807) is 0 Å². The van der Waals surface area contributed by atoms with E-state index in [9.17, 15) is 0 Å². The molecule has 2 N–H and O–H groups in total. The van der Waals surface area contributed by atoms with Crippen LogP contribution in [0.15, 0.2) is 0 Å². The van der Waals surface area contributed by atoms with Crippen molar-refractivity contribution in [1.82, 2.24) is 9.80 Å². The molecular formula is C12H25N3S. The molecule has 16 heavy (non-hydrogen) atoms. The number of hydrogen-bond acceptors (Lipinski definition) is 3. The van der Waals surface area contributed by atoms with E-state index in [2.05, 4.69) is 30.8 Å². The second-order valence-electron chi connectivity index (χ2n) is 5.27. The number of nitrogens with two attached hydrogens (primary N) is 1. The zero-order valence-electron chi connectivity index (χ0n) is 10.8. The summed E-state index contributed by atoms with van der Waals surface area (Å²) in [7, 11) is 4.38. The molecule has 1 rings (SSSR count). The van der Waals surface area contributed by atoms with Gasteiger partial charge in [0, 0.05) is 19.0 Å². The van der Waals surface area contributed by atoms with Crippen molar-refractivity contribution in [2.45, 2.75) is 19.8 Å². The molecule has 1 unspecified atom stereocenters. The van der Waals surface area contributed by atoms with Gasteiger partial charge in [0.05, 0.1) is 4.99 Å². The Morgan fingerprint density at radius 1 is 1.50 bits per heavy atom. The van der Waals surface area contributed by atoms with Crippen molar-refractivity contribution in [1.29, 1.82) is 0 Å². The van der Waals surface area contributed by atoms with Crippen LogP contribution in [-0.2, 0) is 0 Å². The molecule has 0 spiro atoms. The zero-order chi connectivity index (χ0) is 12.1. The van der Waals surface area contributed by atoms with Crippen LogP contribution >= 0.6 is 12.2 Å². The Kier molecular flexibility index (Phi) is 5.66. The predicted octanol–water partition coefficient (Wildman–Crippen LogP) is 1.18. The lowest BCUT2D eigenvalue weighted by atomic mass is 9.96. The van der Waals surface area contributed by atoms with Crippen molar-refractivity contribution in [2.75, 3.05) is 40.3 Å². The maximum Gasteiger partial charge on any atom is 0.0768 e. The molecule has 1 saturated heterocycles. The first kappa shape index (κ1) is 13.9. The Morgan fingerprint density at radius 2 is 2.06 bits per heavy atom. The highest BCUT2D eigenvalue weighted by Crippen LogP contribution is 2.17. The normalized spacial score (nSPS) is 21.2. The lowest BCUT2D eigenvalue weighted by Crippen LogP contribution is -2.38. The average Bonchev–Trinajstić information content (AvgIpc) is 2.21. The van der Waals surface area contributed by atoms with E-state index in [0.717, 1.165) is 12.5 Å². The zero-order valence-corrected chi connectivity index (χ0v) is 11.6. The Labute approximate surface area is 105 Å². The first-order valence-electron chi connectivity index (χ1n) is 6.15. The topological polar surface area (TPSA) is 32.5 Å². The van der Waals surface area contributed by atoms with E-state index in [1.165, 1.54) is 32.5 Å². The Balaban J connectivity index is 2.23. The van der Waals surface area contributed by atoms with Gasteiger partial charge in [0.2, 0.25) is 0 Å². The molecule has 4 heteroatoms. The Bertz CT molecular complexity index is 224. The number of likely N-dealkylation sites (tertiary alicyclic amines) is 1. The van der Waals surface area contributed by atoms with Crippen molar-refractivity contribution >= 4 is 17.2 Å². The van der Waals surface area contributed by atoms with Gasteiger partial charge in [-0.1, -0.05) is 19.1 Å². The molecule has 0 aliphatic carbocycles. The minimum Gasteiger partial charge on any atom is -0.393 e. The van der Waals surface area contributed by atoms with E-state index in [1.807, 2.05) is 0 Å². The van der Waals surface area contributed by atoms with E-state index < -0.39 is 0 Å². The number of rotatable bonds is 5. The van der Waals surface area contributed by atoms with Crippen molar-refractivity contribution < 1.29 is 0 Å². The molecule has 1 aliphatic heterocycles. The molecule has 0 aromatic rings. The summed E-state index contributed by atoms with van der Waals surface area (Å²) in [5, 5.41) is 0. The van der Waals surface area contributed by atoms with Gasteiger partial charge in [0.25, 0.3) is 0 Å². The maximum atomic E-state index is 5.63. The van der Waals surface area contributed by atoms with E-state index in [-0.39, 0.29) is 0 Å². The van der Waals surface area contributed by atoms with Crippen molar-refractivity contribution in [3.8, 4) is 0 Å². The third-order valence-electron chi connectivity index (χ3n) is 3.48. The van der Waals surface area contributed by atoms with Gasteiger partial charge in [0.15, 0.2) is 0 Å². The summed E-state index contributed by atoms with van der Waals surface area (Å²) >= 11 is 5.00. The minimum atomic E-state index is 0.325. The van der Waals surface area contributed by atoms with Gasteiger partial charge in [0.1, 0.15) is 0 Å². The molecule has 0 radical (unpaired) electrons. The lowest BCUT2D eigenvalue weighted by molar-refractivity contribution is 0.173. The van der Waals surface area contributed by atoms with Crippen molar-refractivity contribution in [3.63, 3.8) is 0 Å². The van der Waals surface area contributed by atoms with Crippen LogP contribution in [0.25, 0.3) is 0 Å². The predicted molar refractivity (Wildman–Crippen MR) is 73.7 cm³/mol. The van der Waals surface area contributed by atoms with Crippen LogP contribution in [0.5, 0.6) is 0 Å². The quantitative estimate of drug-likeness (QED) is 0.735. The molecular weight excluding hydrogens is 218 g/mol. The summed E-state index contributed by atoms with van der Waals surface area (Å²) in [5.74, 6) is 1.17. The molecule has 0 bridgehead atoms. The summed E-state index contributed by atoms with van der Waals surface area (Å²) in [6, 6.07) is 0. The van der Waals surface area contributed by atoms with E-state index in [0.29, 0.717) is 10.9 Å². The Hall–Kier alpha value is -0.190. The van der Waals surface area contributed by atoms with Crippen LogP contribution < -0.4 is 5.73 Å². The SMILES string of the molecule is CC(CN(C)CC1CCN(C)CC1)C(N)=S. The highest BCUT2D eigenvalue weighted by atomic mass is 32.1. The van der Waals surface area contributed by atoms with Gasteiger partial charge in [-0.15, -0.1) is 0 Å². The summed E-state index contributed by atoms with van der Waals surface area (Å²) in [6.45, 7) is 6.75. The van der Waals surface area contributed by atoms with Crippen LogP contribution in [0, 0.1) is 11.8 Å². The van der Waals surface area contributed by atoms with Crippen LogP contribution in [0.1, 0.15) is 19.8 Å². The molecule has 1 heterocycles. The standard InChI is InChI=1S/C12H25N3S/c1-10(12(13)16)8-15(3)9-11-4-6-14(2)7-5-11/h10-11H,4-9H2,1-3H3,(H2,13,16). The van der Waals surface area contributed by atoms with Crippen LogP contribution in [-0.4, -0.2) is 55.1 Å². The molecule has 1 atom stereocenters. The van der Waals surface area contributed by atoms with Gasteiger partial charge in [-0.05, 0) is 45.9 Å². The van der Waals surface area contributed by atoms with Crippen LogP contribution in [0.4, 0.5) is 0 Å². The van der Waals surface area contributed by atoms with Gasteiger partial charge >= 0.3 is 0 Å². The number of thiocarbonyl (C=S) groups is 1. The molecule has 94 valence electrons. The van der Waals surface area contributed by atoms with Crippen LogP contribution in [0.3, 0.4) is 0 Å². The third kappa shape index (κ3) is 4.76. The minimum absolute atomic E-state index is 0.325. The fourth-order valence-corrected chi connectivity index (χ4v) is 2.39. The lowest BCUT2D eigenvalue weighted by Gasteiger charge is -2.32. The molecule has 0 aromatic carbocycles. The fourth-order valence-electron chi connectivity index (χ4n) is 2.32. The second kappa shape index (κ2) is 6.52. The molecule has 1 fully saturated rings. The number of piperidine rings is 1. The number of nitrogens with zero attached hydrogens (tertiary/aromatic N) is 2. The highest BCUT2D eigenvalue weighted by Gasteiger charge is 2.19. The fraction of sp³-hybridized carbons (Fsp3) is 0.917. The van der Waals surface area contributed by atoms with Gasteiger partial charge < -0.3 is 15.5 Å². The second-order valence-corrected chi connectivity index (χ2v) is 5.74. The van der Waals surface area contributed by atoms with Crippen molar-refractivity contribution in [2.24, 2.45) is 17.6 Å². The number of hydrogen-bond donors (Lipinski definition) is 1. The molecule has 0 saturated carbocycles. The molecule has 0 aromatic heterocycles. The molecule has 1 aliphatic rings. The summed E-state index contributed by atoms with van der Waals surface area (Å²) in [6.07, 6.45) is 2.64. The van der Waals surface area contributed by atoms with Gasteiger partial charge in [-0.3, -0.25) is 0 Å².